The van der Waals surface area contributed by atoms with Gasteiger partial charge in [0, 0.05) is 13.1 Å². The zero-order chi connectivity index (χ0) is 15.9. The van der Waals surface area contributed by atoms with E-state index in [4.69, 9.17) is 5.11 Å². The fourth-order valence-corrected chi connectivity index (χ4v) is 4.23. The molecular formula is C13H15N3O5S. The topological polar surface area (TPSA) is 123 Å². The standard InChI is InChI=1S/C13H15N3O5S/c17-12(18)8-2-1-5-16(7-8)22(20,21)9-3-4-10-11(6-9)15-13(19)14-10/h3-4,6,8H,1-2,5,7H2,(H,17,18)(H2,14,15,19). The highest BCUT2D eigenvalue weighted by atomic mass is 32.2. The minimum Gasteiger partial charge on any atom is -0.481 e. The van der Waals surface area contributed by atoms with Crippen molar-refractivity contribution in [3.05, 3.63) is 28.7 Å². The van der Waals surface area contributed by atoms with E-state index in [0.717, 1.165) is 0 Å². The van der Waals surface area contributed by atoms with Gasteiger partial charge in [0.05, 0.1) is 21.8 Å². The van der Waals surface area contributed by atoms with Crippen LogP contribution in [0.3, 0.4) is 0 Å². The first-order valence-corrected chi connectivity index (χ1v) is 8.27. The molecule has 0 amide bonds. The predicted molar refractivity (Wildman–Crippen MR) is 78.0 cm³/mol. The van der Waals surface area contributed by atoms with E-state index in [2.05, 4.69) is 9.97 Å². The second kappa shape index (κ2) is 5.25. The van der Waals surface area contributed by atoms with Gasteiger partial charge in [0.2, 0.25) is 10.0 Å². The van der Waals surface area contributed by atoms with Crippen molar-refractivity contribution in [2.45, 2.75) is 17.7 Å². The molecule has 9 heteroatoms. The van der Waals surface area contributed by atoms with Crippen LogP contribution in [-0.4, -0.2) is 46.9 Å². The van der Waals surface area contributed by atoms with Crippen LogP contribution in [0.2, 0.25) is 0 Å². The number of imidazole rings is 1. The summed E-state index contributed by atoms with van der Waals surface area (Å²) < 4.78 is 26.5. The van der Waals surface area contributed by atoms with E-state index in [1.165, 1.54) is 22.5 Å². The molecule has 0 spiro atoms. The Morgan fingerprint density at radius 1 is 1.27 bits per heavy atom. The molecule has 22 heavy (non-hydrogen) atoms. The second-order valence-electron chi connectivity index (χ2n) is 5.33. The molecule has 2 heterocycles. The molecule has 1 saturated heterocycles. The Hall–Kier alpha value is -2.13. The van der Waals surface area contributed by atoms with Crippen LogP contribution in [-0.2, 0) is 14.8 Å². The van der Waals surface area contributed by atoms with Crippen LogP contribution in [0, 0.1) is 5.92 Å². The molecule has 1 fully saturated rings. The molecule has 0 saturated carbocycles. The molecule has 118 valence electrons. The molecule has 1 aromatic heterocycles. The summed E-state index contributed by atoms with van der Waals surface area (Å²) in [6.07, 6.45) is 0.991. The summed E-state index contributed by atoms with van der Waals surface area (Å²) in [6, 6.07) is 4.30. The van der Waals surface area contributed by atoms with Gasteiger partial charge in [-0.05, 0) is 31.0 Å². The first-order valence-electron chi connectivity index (χ1n) is 6.83. The molecule has 1 aliphatic heterocycles. The smallest absolute Gasteiger partial charge is 0.323 e. The molecule has 0 bridgehead atoms. The van der Waals surface area contributed by atoms with Crippen molar-refractivity contribution in [3.8, 4) is 0 Å². The third-order valence-corrected chi connectivity index (χ3v) is 5.72. The highest BCUT2D eigenvalue weighted by Crippen LogP contribution is 2.25. The van der Waals surface area contributed by atoms with Gasteiger partial charge in [-0.15, -0.1) is 0 Å². The number of aromatic nitrogens is 2. The molecule has 3 rings (SSSR count). The van der Waals surface area contributed by atoms with E-state index in [-0.39, 0.29) is 11.4 Å². The normalized spacial score (nSPS) is 20.3. The van der Waals surface area contributed by atoms with Gasteiger partial charge in [-0.2, -0.15) is 4.31 Å². The molecule has 0 aliphatic carbocycles. The fraction of sp³-hybridized carbons (Fsp3) is 0.385. The van der Waals surface area contributed by atoms with Crippen molar-refractivity contribution < 1.29 is 18.3 Å². The number of hydrogen-bond acceptors (Lipinski definition) is 4. The summed E-state index contributed by atoms with van der Waals surface area (Å²) in [5.41, 5.74) is 0.511. The highest BCUT2D eigenvalue weighted by Gasteiger charge is 2.33. The Kier molecular flexibility index (Phi) is 3.53. The number of hydrogen-bond donors (Lipinski definition) is 3. The lowest BCUT2D eigenvalue weighted by Gasteiger charge is -2.29. The van der Waals surface area contributed by atoms with Gasteiger partial charge < -0.3 is 15.1 Å². The van der Waals surface area contributed by atoms with E-state index in [1.807, 2.05) is 0 Å². The number of benzene rings is 1. The van der Waals surface area contributed by atoms with Gasteiger partial charge >= 0.3 is 11.7 Å². The molecule has 1 unspecified atom stereocenters. The van der Waals surface area contributed by atoms with Gasteiger partial charge in [0.1, 0.15) is 0 Å². The molecule has 2 aromatic rings. The van der Waals surface area contributed by atoms with Crippen molar-refractivity contribution in [2.75, 3.05) is 13.1 Å². The summed E-state index contributed by atoms with van der Waals surface area (Å²) in [7, 11) is -3.78. The van der Waals surface area contributed by atoms with Crippen LogP contribution in [0.1, 0.15) is 12.8 Å². The number of carboxylic acids is 1. The number of nitrogens with one attached hydrogen (secondary N) is 2. The summed E-state index contributed by atoms with van der Waals surface area (Å²) in [4.78, 5) is 27.4. The van der Waals surface area contributed by atoms with Crippen LogP contribution >= 0.6 is 0 Å². The maximum absolute atomic E-state index is 12.6. The van der Waals surface area contributed by atoms with Crippen molar-refractivity contribution in [1.82, 2.24) is 14.3 Å². The van der Waals surface area contributed by atoms with Crippen molar-refractivity contribution in [2.24, 2.45) is 5.92 Å². The van der Waals surface area contributed by atoms with Gasteiger partial charge in [-0.1, -0.05) is 0 Å². The minimum atomic E-state index is -3.78. The summed E-state index contributed by atoms with van der Waals surface area (Å²) in [5, 5.41) is 9.07. The largest absolute Gasteiger partial charge is 0.481 e. The summed E-state index contributed by atoms with van der Waals surface area (Å²) >= 11 is 0. The lowest BCUT2D eigenvalue weighted by Crippen LogP contribution is -2.42. The number of carbonyl (C=O) groups is 1. The lowest BCUT2D eigenvalue weighted by molar-refractivity contribution is -0.142. The monoisotopic (exact) mass is 325 g/mol. The molecule has 1 atom stereocenters. The van der Waals surface area contributed by atoms with Crippen molar-refractivity contribution >= 4 is 27.0 Å². The van der Waals surface area contributed by atoms with Gasteiger partial charge in [-0.25, -0.2) is 13.2 Å². The number of fused-ring (bicyclic) bond motifs is 1. The van der Waals surface area contributed by atoms with Crippen LogP contribution in [0.4, 0.5) is 0 Å². The number of carboxylic acid groups (broad SMARTS) is 1. The molecule has 0 radical (unpaired) electrons. The Balaban J connectivity index is 1.96. The average Bonchev–Trinajstić information content (AvgIpc) is 2.86. The number of nitrogens with zero attached hydrogens (tertiary/aromatic N) is 1. The highest BCUT2D eigenvalue weighted by molar-refractivity contribution is 7.89. The van der Waals surface area contributed by atoms with E-state index in [0.29, 0.717) is 30.4 Å². The second-order valence-corrected chi connectivity index (χ2v) is 7.26. The van der Waals surface area contributed by atoms with E-state index in [1.54, 1.807) is 0 Å². The molecule has 1 aliphatic rings. The maximum Gasteiger partial charge on any atom is 0.323 e. The Morgan fingerprint density at radius 3 is 2.73 bits per heavy atom. The number of aromatic amines is 2. The SMILES string of the molecule is O=C(O)C1CCCN(S(=O)(=O)c2ccc3[nH]c(=O)[nH]c3c2)C1. The van der Waals surface area contributed by atoms with Crippen LogP contribution < -0.4 is 5.69 Å². The van der Waals surface area contributed by atoms with E-state index >= 15 is 0 Å². The molecule has 1 aromatic carbocycles. The van der Waals surface area contributed by atoms with Gasteiger partial charge in [0.25, 0.3) is 0 Å². The maximum atomic E-state index is 12.6. The number of sulfonamides is 1. The minimum absolute atomic E-state index is 0.0284. The number of H-pyrrole nitrogens is 2. The molecular weight excluding hydrogens is 310 g/mol. The van der Waals surface area contributed by atoms with Crippen molar-refractivity contribution in [3.63, 3.8) is 0 Å². The van der Waals surface area contributed by atoms with Crippen LogP contribution in [0.25, 0.3) is 11.0 Å². The first-order chi connectivity index (χ1) is 10.4. The zero-order valence-corrected chi connectivity index (χ0v) is 12.4. The average molecular weight is 325 g/mol. The lowest BCUT2D eigenvalue weighted by atomic mass is 10.0. The van der Waals surface area contributed by atoms with Crippen molar-refractivity contribution in [1.29, 1.82) is 0 Å². The summed E-state index contributed by atoms with van der Waals surface area (Å²) in [6.45, 7) is 0.271. The fourth-order valence-electron chi connectivity index (χ4n) is 2.68. The number of piperidine rings is 1. The van der Waals surface area contributed by atoms with E-state index < -0.39 is 27.6 Å². The number of rotatable bonds is 3. The Morgan fingerprint density at radius 2 is 2.00 bits per heavy atom. The first kappa shape index (κ1) is 14.8. The zero-order valence-electron chi connectivity index (χ0n) is 11.6. The molecule has 3 N–H and O–H groups in total. The number of aliphatic carboxylic acids is 1. The predicted octanol–water partition coefficient (Wildman–Crippen LogP) is 0.342. The summed E-state index contributed by atoms with van der Waals surface area (Å²) in [5.74, 6) is -1.66. The Labute approximate surface area is 125 Å². The van der Waals surface area contributed by atoms with Crippen LogP contribution in [0.5, 0.6) is 0 Å². The quantitative estimate of drug-likeness (QED) is 0.751. The van der Waals surface area contributed by atoms with Gasteiger partial charge in [0.15, 0.2) is 0 Å². The third kappa shape index (κ3) is 2.53. The van der Waals surface area contributed by atoms with Crippen LogP contribution in [0.15, 0.2) is 27.9 Å². The third-order valence-electron chi connectivity index (χ3n) is 3.86. The molecule has 8 nitrogen and oxygen atoms in total. The van der Waals surface area contributed by atoms with E-state index in [9.17, 15) is 18.0 Å². The Bertz CT molecular complexity index is 882. The van der Waals surface area contributed by atoms with Gasteiger partial charge in [-0.3, -0.25) is 4.79 Å².